The van der Waals surface area contributed by atoms with E-state index in [0.717, 1.165) is 220 Å². The average molecular weight is 1840 g/mol. The van der Waals surface area contributed by atoms with Crippen molar-refractivity contribution < 1.29 is 8.83 Å². The number of thiophene rings is 1. The Morgan fingerprint density at radius 2 is 0.510 bits per heavy atom. The molecule has 0 aliphatic heterocycles. The molecule has 143 heavy (non-hydrogen) atoms. The first kappa shape index (κ1) is 82.2. The second-order valence-electron chi connectivity index (χ2n) is 35.8. The van der Waals surface area contributed by atoms with E-state index < -0.39 is 0 Å². The van der Waals surface area contributed by atoms with Crippen LogP contribution < -0.4 is 0 Å². The molecule has 16 heteroatoms. The maximum atomic E-state index is 10.6. The molecular weight excluding hydrogens is 1770 g/mol. The van der Waals surface area contributed by atoms with Gasteiger partial charge in [-0.1, -0.05) is 250 Å². The highest BCUT2D eigenvalue weighted by molar-refractivity contribution is 7.26. The molecule has 0 aliphatic carbocycles. The summed E-state index contributed by atoms with van der Waals surface area (Å²) in [5.41, 5.74) is 25.3. The van der Waals surface area contributed by atoms with Crippen LogP contribution in [0.1, 0.15) is 29.7 Å². The first-order valence-corrected chi connectivity index (χ1v) is 47.5. The molecule has 0 bridgehead atoms. The Bertz CT molecular complexity index is 10500. The summed E-state index contributed by atoms with van der Waals surface area (Å²) in [5, 5.41) is 63.8. The number of hydrogen-bond donors (Lipinski definition) is 0. The highest BCUT2D eigenvalue weighted by Crippen LogP contribution is 2.52. The van der Waals surface area contributed by atoms with Gasteiger partial charge < -0.3 is 40.8 Å². The van der Waals surface area contributed by atoms with Gasteiger partial charge in [0, 0.05) is 118 Å². The van der Waals surface area contributed by atoms with Crippen molar-refractivity contribution in [2.45, 2.75) is 7.43 Å². The van der Waals surface area contributed by atoms with Crippen LogP contribution in [0.3, 0.4) is 0 Å². The Morgan fingerprint density at radius 1 is 0.224 bits per heavy atom. The summed E-state index contributed by atoms with van der Waals surface area (Å²) in [4.78, 5) is 8.03. The van der Waals surface area contributed by atoms with Crippen LogP contribution in [0.25, 0.3) is 266 Å². The van der Waals surface area contributed by atoms with Gasteiger partial charge in [0.25, 0.3) is 0 Å². The van der Waals surface area contributed by atoms with Crippen molar-refractivity contribution in [1.82, 2.24) is 32.0 Å². The van der Waals surface area contributed by atoms with Gasteiger partial charge in [-0.05, 0) is 164 Å². The molecule has 0 unspecified atom stereocenters. The van der Waals surface area contributed by atoms with E-state index >= 15 is 0 Å². The van der Waals surface area contributed by atoms with Crippen LogP contribution in [0.2, 0.25) is 0 Å². The first-order chi connectivity index (χ1) is 70.3. The summed E-state index contributed by atoms with van der Waals surface area (Å²) in [5.74, 6) is 0. The first-order valence-electron chi connectivity index (χ1n) is 46.7. The van der Waals surface area contributed by atoms with Gasteiger partial charge in [0.1, 0.15) is 46.6 Å². The molecule has 0 fully saturated rings. The summed E-state index contributed by atoms with van der Waals surface area (Å²) in [6.07, 6.45) is 0. The maximum absolute atomic E-state index is 10.6. The van der Waals surface area contributed by atoms with E-state index in [9.17, 15) is 21.0 Å². The van der Waals surface area contributed by atoms with Gasteiger partial charge >= 0.3 is 0 Å². The van der Waals surface area contributed by atoms with Crippen molar-refractivity contribution in [1.29, 1.82) is 21.0 Å². The van der Waals surface area contributed by atoms with Crippen molar-refractivity contribution in [2.24, 2.45) is 0 Å². The Balaban J connectivity index is 0.000000108. The molecule has 0 spiro atoms. The number of nitriles is 4. The monoisotopic (exact) mass is 1840 g/mol. The quantitative estimate of drug-likeness (QED) is 0.144. The fraction of sp³-hybridized carbons (Fsp3) is 0.00787. The van der Waals surface area contributed by atoms with Crippen LogP contribution in [-0.2, 0) is 0 Å². The third-order valence-electron chi connectivity index (χ3n) is 28.6. The number of para-hydroxylation sites is 12. The molecule has 662 valence electrons. The van der Waals surface area contributed by atoms with E-state index in [4.69, 9.17) is 22.0 Å². The van der Waals surface area contributed by atoms with Gasteiger partial charge in [-0.15, -0.1) is 11.3 Å². The Labute approximate surface area is 818 Å². The van der Waals surface area contributed by atoms with Crippen LogP contribution in [0.15, 0.2) is 415 Å². The molecule has 10 heterocycles. The highest BCUT2D eigenvalue weighted by Gasteiger charge is 2.31. The van der Waals surface area contributed by atoms with E-state index in [1.807, 2.05) is 169 Å². The van der Waals surface area contributed by atoms with Crippen LogP contribution in [0.5, 0.6) is 0 Å². The summed E-state index contributed by atoms with van der Waals surface area (Å²) in [6.45, 7) is 16.6. The zero-order chi connectivity index (χ0) is 94.4. The molecule has 0 N–H and O–H groups in total. The van der Waals surface area contributed by atoms with E-state index in [1.165, 1.54) is 25.6 Å². The van der Waals surface area contributed by atoms with Gasteiger partial charge in [-0.25, -0.2) is 9.69 Å². The van der Waals surface area contributed by atoms with Crippen LogP contribution in [0.4, 0.5) is 11.4 Å². The zero-order valence-corrected chi connectivity index (χ0v) is 76.0. The van der Waals surface area contributed by atoms with Gasteiger partial charge in [0.15, 0.2) is 0 Å². The van der Waals surface area contributed by atoms with Crippen molar-refractivity contribution in [3.05, 3.63) is 452 Å². The highest BCUT2D eigenvalue weighted by atomic mass is 32.1. The minimum absolute atomic E-state index is 0. The molecule has 0 saturated carbocycles. The zero-order valence-electron chi connectivity index (χ0n) is 75.2. The summed E-state index contributed by atoms with van der Waals surface area (Å²) in [6, 6.07) is 148. The van der Waals surface area contributed by atoms with Gasteiger partial charge in [0.05, 0.1) is 152 Å². The largest absolute Gasteiger partial charge is 0.455 e. The lowest BCUT2D eigenvalue weighted by atomic mass is 10.1. The molecule has 0 aliphatic rings. The number of rotatable bonds is 7. The lowest BCUT2D eigenvalue weighted by molar-refractivity contribution is 0.673. The van der Waals surface area contributed by atoms with Gasteiger partial charge in [-0.3, -0.25) is 0 Å². The van der Waals surface area contributed by atoms with Crippen molar-refractivity contribution >= 4 is 239 Å². The topological polar surface area (TPSA) is 165 Å². The lowest BCUT2D eigenvalue weighted by Gasteiger charge is -2.18. The normalized spacial score (nSPS) is 11.7. The molecule has 15 nitrogen and oxygen atoms in total. The van der Waals surface area contributed by atoms with Crippen molar-refractivity contribution in [3.8, 4) is 64.1 Å². The molecular formula is C127H71N13O2S. The number of nitrogens with zero attached hydrogens (tertiary/aromatic N) is 13. The second kappa shape index (κ2) is 31.9. The fourth-order valence-corrected chi connectivity index (χ4v) is 24.1. The van der Waals surface area contributed by atoms with Crippen LogP contribution in [0, 0.1) is 58.5 Å². The van der Waals surface area contributed by atoms with E-state index in [0.29, 0.717) is 45.0 Å². The Morgan fingerprint density at radius 3 is 0.909 bits per heavy atom. The average Bonchev–Trinajstić information content (AvgIpc) is 1.54. The number of furan rings is 2. The Hall–Kier alpha value is -20.2. The standard InChI is InChI=1S/C50H27N5O.C38H20N4O.C38H20N4S.CH4/c51-28-30-26-45(54-39-18-8-4-14-33(39)34-15-5-9-19-40(34)54)46(27-31(30)29-52)55-42-21-11-7-17-38(42)48-44(55)25-23-36-35-22-24-43-47(49(35)56-50(36)48)37-16-6-10-20-41(37)53(43)32-12-2-1-3-13-32;2*1-40-30-21-24(20-23(22-39)37(30)42-31-14-6-2-10-25(31)26-11-3-7-15-32(26)42)41-33-16-8-4-13-29(33)36-34(41)19-18-28-27-12-5-9-17-35(27)43-38(28)36;/h1-27H;2*2-21H;1H4. The summed E-state index contributed by atoms with van der Waals surface area (Å²) < 4.78 is 31.4. The number of fused-ring (bicyclic) bond motifs is 34. The molecule has 0 saturated heterocycles. The number of hydrogen-bond acceptors (Lipinski definition) is 7. The smallest absolute Gasteiger partial charge is 0.214 e. The molecule has 0 amide bonds. The van der Waals surface area contributed by atoms with Gasteiger partial charge in [0.2, 0.25) is 11.4 Å². The molecule has 20 aromatic carbocycles. The van der Waals surface area contributed by atoms with Crippen molar-refractivity contribution in [2.75, 3.05) is 0 Å². The minimum atomic E-state index is 0. The van der Waals surface area contributed by atoms with Gasteiger partial charge in [-0.2, -0.15) is 21.0 Å². The van der Waals surface area contributed by atoms with Crippen molar-refractivity contribution in [3.63, 3.8) is 0 Å². The summed E-state index contributed by atoms with van der Waals surface area (Å²) >= 11 is 1.82. The fourth-order valence-electron chi connectivity index (χ4n) is 22.8. The lowest BCUT2D eigenvalue weighted by Crippen LogP contribution is -2.05. The molecule has 10 aromatic heterocycles. The summed E-state index contributed by atoms with van der Waals surface area (Å²) in [7, 11) is 0. The molecule has 0 radical (unpaired) electrons. The van der Waals surface area contributed by atoms with Crippen LogP contribution in [-0.4, -0.2) is 32.0 Å². The third-order valence-corrected chi connectivity index (χ3v) is 29.8. The number of aromatic nitrogens is 7. The maximum Gasteiger partial charge on any atom is 0.214 e. The Kier molecular flexibility index (Phi) is 18.4. The second-order valence-corrected chi connectivity index (χ2v) is 36.8. The predicted molar refractivity (Wildman–Crippen MR) is 585 cm³/mol. The van der Waals surface area contributed by atoms with E-state index in [2.05, 4.69) is 315 Å². The number of benzene rings is 20. The molecule has 30 aromatic rings. The molecule has 0 atom stereocenters. The SMILES string of the molecule is C.N#Cc1cc(-n2c3ccccc3c3ccccc32)c(-n2c3ccccc3c3c4oc5c(ccc6c5c5ccccc5n6-c5ccccc5)c4ccc32)cc1C#N.[C-]#[N+]c1cc(-n2c3ccccc3c3c4oc5ccccc5c4ccc32)cc(C#N)c1-n1c2ccccc2c2ccccc21.[C-]#[N+]c1cc(-n2c3ccccc3c3c4sc5ccccc5c4ccc32)cc(C#N)c1-n1c2ccccc2c2ccccc21. The van der Waals surface area contributed by atoms with E-state index in [-0.39, 0.29) is 7.43 Å². The molecule has 30 rings (SSSR count). The third kappa shape index (κ3) is 11.9. The van der Waals surface area contributed by atoms with E-state index in [1.54, 1.807) is 0 Å². The minimum Gasteiger partial charge on any atom is -0.455 e. The van der Waals surface area contributed by atoms with Crippen LogP contribution >= 0.6 is 11.3 Å². The predicted octanol–water partition coefficient (Wildman–Crippen LogP) is 34.1.